The number of aliphatic hydroxyl groups excluding tert-OH is 1. The largest absolute Gasteiger partial charge is 0.383 e. The van der Waals surface area contributed by atoms with Crippen molar-refractivity contribution in [2.45, 2.75) is 32.5 Å². The molecule has 0 aliphatic rings. The highest BCUT2D eigenvalue weighted by Crippen LogP contribution is 2.72. The molecule has 1 atom stereocenters. The van der Waals surface area contributed by atoms with Gasteiger partial charge in [0, 0.05) is 14.7 Å². The summed E-state index contributed by atoms with van der Waals surface area (Å²) >= 11 is 0. The van der Waals surface area contributed by atoms with Crippen molar-refractivity contribution in [3.63, 3.8) is 0 Å². The molecule has 0 fully saturated rings. The van der Waals surface area contributed by atoms with Crippen molar-refractivity contribution in [1.29, 1.82) is 0 Å². The number of aliphatic hydroxyl groups is 1. The molecule has 0 saturated carbocycles. The number of rotatable bonds is 7. The number of hydrogen-bond donors (Lipinski definition) is 1. The summed E-state index contributed by atoms with van der Waals surface area (Å²) in [7, 11) is -2.65. The minimum Gasteiger partial charge on any atom is -0.383 e. The lowest BCUT2D eigenvalue weighted by molar-refractivity contribution is -0.0785. The van der Waals surface area contributed by atoms with Gasteiger partial charge < -0.3 is 5.11 Å². The van der Waals surface area contributed by atoms with E-state index in [9.17, 15) is 22.7 Å². The van der Waals surface area contributed by atoms with Gasteiger partial charge in [-0.3, -0.25) is 0 Å². The highest BCUT2D eigenvalue weighted by atomic mass is 32.3. The summed E-state index contributed by atoms with van der Waals surface area (Å²) in [6, 6.07) is 26.3. The van der Waals surface area contributed by atoms with E-state index in [0.717, 1.165) is 0 Å². The second kappa shape index (κ2) is 8.37. The van der Waals surface area contributed by atoms with Crippen molar-refractivity contribution >= 4 is 10.0 Å². The fourth-order valence-corrected chi connectivity index (χ4v) is 7.18. The van der Waals surface area contributed by atoms with Crippen LogP contribution in [0.15, 0.2) is 106 Å². The molecule has 3 aromatic rings. The molecule has 1 unspecified atom stereocenters. The predicted molar refractivity (Wildman–Crippen MR) is 103 cm³/mol. The van der Waals surface area contributed by atoms with Crippen LogP contribution in [0.4, 0.5) is 17.6 Å². The van der Waals surface area contributed by atoms with Gasteiger partial charge in [-0.05, 0) is 36.4 Å². The van der Waals surface area contributed by atoms with Gasteiger partial charge >= 0.3 is 12.3 Å². The summed E-state index contributed by atoms with van der Waals surface area (Å²) in [6.07, 6.45) is -4.36. The highest BCUT2D eigenvalue weighted by Gasteiger charge is 2.49. The van der Waals surface area contributed by atoms with E-state index in [4.69, 9.17) is 0 Å². The van der Waals surface area contributed by atoms with Crippen LogP contribution in [0.3, 0.4) is 0 Å². The molecule has 0 aliphatic carbocycles. The molecule has 3 aromatic carbocycles. The molecule has 0 heterocycles. The maximum absolute atomic E-state index is 13.9. The molecule has 0 amide bonds. The van der Waals surface area contributed by atoms with Gasteiger partial charge in [0.25, 0.3) is 0 Å². The van der Waals surface area contributed by atoms with E-state index < -0.39 is 34.2 Å². The van der Waals surface area contributed by atoms with E-state index in [1.807, 2.05) is 0 Å². The first-order valence-corrected chi connectivity index (χ1v) is 10.3. The Kier molecular flexibility index (Phi) is 6.10. The molecule has 0 bridgehead atoms. The summed E-state index contributed by atoms with van der Waals surface area (Å²) in [5, 5.41) is 11.1. The average Bonchev–Trinajstić information content (AvgIpc) is 2.70. The zero-order chi connectivity index (χ0) is 20.2. The monoisotopic (exact) mass is 407 g/mol. The molecule has 1 nitrogen and oxygen atoms in total. The van der Waals surface area contributed by atoms with Crippen molar-refractivity contribution < 1.29 is 22.7 Å². The lowest BCUT2D eigenvalue weighted by Crippen LogP contribution is -2.31. The lowest BCUT2D eigenvalue weighted by atomic mass is 10.2. The molecule has 6 heteroatoms. The van der Waals surface area contributed by atoms with E-state index in [1.54, 1.807) is 91.0 Å². The van der Waals surface area contributed by atoms with Gasteiger partial charge in [0.2, 0.25) is 0 Å². The number of alkyl halides is 2. The SMILES string of the molecule is OC(CC(F)(F)[C](F)F)S(c1ccccc1)(c1ccccc1)c1ccccc1. The summed E-state index contributed by atoms with van der Waals surface area (Å²) in [5.74, 6) is -4.38. The molecule has 0 spiro atoms. The van der Waals surface area contributed by atoms with Crippen LogP contribution in [0.25, 0.3) is 0 Å². The third-order valence-electron chi connectivity index (χ3n) is 4.46. The lowest BCUT2D eigenvalue weighted by Gasteiger charge is -2.45. The van der Waals surface area contributed by atoms with Crippen molar-refractivity contribution in [3.05, 3.63) is 97.4 Å². The van der Waals surface area contributed by atoms with Gasteiger partial charge in [0.15, 0.2) is 0 Å². The predicted octanol–water partition coefficient (Wildman–Crippen LogP) is 6.74. The summed E-state index contributed by atoms with van der Waals surface area (Å²) in [4.78, 5) is 1.86. The second-order valence-corrected chi connectivity index (χ2v) is 9.50. The summed E-state index contributed by atoms with van der Waals surface area (Å²) in [5.41, 5.74) is -1.73. The molecule has 1 radical (unpaired) electrons. The smallest absolute Gasteiger partial charge is 0.378 e. The van der Waals surface area contributed by atoms with Crippen LogP contribution in [0, 0.1) is 6.43 Å². The number of halogens is 4. The fraction of sp³-hybridized carbons (Fsp3) is 0.136. The molecule has 0 saturated heterocycles. The molecule has 1 N–H and O–H groups in total. The van der Waals surface area contributed by atoms with Crippen molar-refractivity contribution in [2.24, 2.45) is 0 Å². The Labute approximate surface area is 163 Å². The van der Waals surface area contributed by atoms with Crippen LogP contribution in [-0.4, -0.2) is 16.5 Å². The maximum Gasteiger partial charge on any atom is 0.378 e. The van der Waals surface area contributed by atoms with E-state index in [2.05, 4.69) is 0 Å². The van der Waals surface area contributed by atoms with Crippen LogP contribution < -0.4 is 0 Å². The third-order valence-corrected chi connectivity index (χ3v) is 8.49. The number of benzene rings is 3. The van der Waals surface area contributed by atoms with Gasteiger partial charge in [0.05, 0.1) is 6.42 Å². The first-order valence-electron chi connectivity index (χ1n) is 8.61. The van der Waals surface area contributed by atoms with Gasteiger partial charge in [-0.15, -0.1) is 10.0 Å². The first-order chi connectivity index (χ1) is 13.4. The second-order valence-electron chi connectivity index (χ2n) is 6.22. The van der Waals surface area contributed by atoms with Crippen LogP contribution in [0.5, 0.6) is 0 Å². The minimum absolute atomic E-state index is 0.620. The number of hydrogen-bond acceptors (Lipinski definition) is 1. The Morgan fingerprint density at radius 2 is 1.04 bits per heavy atom. The van der Waals surface area contributed by atoms with Gasteiger partial charge in [-0.25, -0.2) is 0 Å². The molecular formula is C22H19F4OS. The normalized spacial score (nSPS) is 14.1. The Morgan fingerprint density at radius 3 is 1.32 bits per heavy atom. The molecule has 28 heavy (non-hydrogen) atoms. The van der Waals surface area contributed by atoms with E-state index >= 15 is 0 Å². The highest BCUT2D eigenvalue weighted by molar-refractivity contribution is 8.34. The third kappa shape index (κ3) is 3.80. The van der Waals surface area contributed by atoms with Gasteiger partial charge in [-0.2, -0.15) is 17.6 Å². The van der Waals surface area contributed by atoms with Gasteiger partial charge in [0.1, 0.15) is 5.44 Å². The van der Waals surface area contributed by atoms with Crippen LogP contribution >= 0.6 is 10.0 Å². The Hall–Kier alpha value is -2.31. The minimum atomic E-state index is -4.38. The zero-order valence-electron chi connectivity index (χ0n) is 14.8. The van der Waals surface area contributed by atoms with Crippen LogP contribution in [0.2, 0.25) is 0 Å². The molecule has 147 valence electrons. The zero-order valence-corrected chi connectivity index (χ0v) is 15.6. The Morgan fingerprint density at radius 1 is 0.714 bits per heavy atom. The topological polar surface area (TPSA) is 20.2 Å². The van der Waals surface area contributed by atoms with E-state index in [0.29, 0.717) is 14.7 Å². The molecule has 0 aromatic heterocycles. The summed E-state index contributed by atoms with van der Waals surface area (Å²) in [6.45, 7) is 0. The van der Waals surface area contributed by atoms with E-state index in [1.165, 1.54) is 0 Å². The van der Waals surface area contributed by atoms with Crippen molar-refractivity contribution in [2.75, 3.05) is 0 Å². The fourth-order valence-electron chi connectivity index (χ4n) is 3.21. The molecule has 0 aliphatic heterocycles. The molecule has 3 rings (SSSR count). The first kappa shape index (κ1) is 20.4. The molecular weight excluding hydrogens is 388 g/mol. The van der Waals surface area contributed by atoms with E-state index in [-0.39, 0.29) is 0 Å². The summed E-state index contributed by atoms with van der Waals surface area (Å²) < 4.78 is 53.5. The maximum atomic E-state index is 13.9. The van der Waals surface area contributed by atoms with Crippen molar-refractivity contribution in [3.8, 4) is 0 Å². The average molecular weight is 407 g/mol. The van der Waals surface area contributed by atoms with Crippen LogP contribution in [-0.2, 0) is 0 Å². The van der Waals surface area contributed by atoms with Gasteiger partial charge in [-0.1, -0.05) is 54.6 Å². The Bertz CT molecular complexity index is 776. The van der Waals surface area contributed by atoms with Crippen molar-refractivity contribution in [1.82, 2.24) is 0 Å². The standard InChI is InChI=1S/C22H19F4OS/c23-21(24)22(25,26)16-20(27)28(17-10-4-1-5-11-17,18-12-6-2-7-13-18)19-14-8-3-9-15-19/h1-15,20,27H,16H2. The quantitative estimate of drug-likeness (QED) is 0.430. The Balaban J connectivity index is 2.28. The van der Waals surface area contributed by atoms with Crippen LogP contribution in [0.1, 0.15) is 6.42 Å².